The van der Waals surface area contributed by atoms with Gasteiger partial charge in [-0.1, -0.05) is 36.8 Å². The van der Waals surface area contributed by atoms with Crippen LogP contribution in [0.5, 0.6) is 11.5 Å². The summed E-state index contributed by atoms with van der Waals surface area (Å²) in [4.78, 5) is 15.3. The van der Waals surface area contributed by atoms with Crippen LogP contribution in [0, 0.1) is 0 Å². The van der Waals surface area contributed by atoms with Crippen molar-refractivity contribution in [1.82, 2.24) is 4.90 Å². The third-order valence-electron chi connectivity index (χ3n) is 5.63. The van der Waals surface area contributed by atoms with Crippen molar-refractivity contribution in [3.63, 3.8) is 0 Å². The molecule has 0 amide bonds. The van der Waals surface area contributed by atoms with Crippen LogP contribution >= 0.6 is 0 Å². The van der Waals surface area contributed by atoms with Gasteiger partial charge in [0, 0.05) is 30.3 Å². The predicted octanol–water partition coefficient (Wildman–Crippen LogP) is 4.55. The van der Waals surface area contributed by atoms with Gasteiger partial charge in [0.15, 0.2) is 11.0 Å². The Balaban J connectivity index is 1.91. The lowest BCUT2D eigenvalue weighted by Gasteiger charge is -2.33. The normalized spacial score (nSPS) is 17.7. The summed E-state index contributed by atoms with van der Waals surface area (Å²) in [5.41, 5.74) is 1.69. The van der Waals surface area contributed by atoms with Crippen LogP contribution in [0.1, 0.15) is 31.7 Å². The Kier molecular flexibility index (Phi) is 5.09. The Morgan fingerprint density at radius 2 is 2.00 bits per heavy atom. The standard InChI is InChI=1S/C23H25NO4/c1-15-8-6-7-11-24(15)14-17-18(25)12-21(27-2)22-19(26)13-20(28-23(17)22)16-9-4-3-5-10-16/h3-5,9-10,12-13,15,25H,6-8,11,14H2,1-2H3/t15-/m1/s1. The first-order chi connectivity index (χ1) is 13.6. The van der Waals surface area contributed by atoms with E-state index in [1.807, 2.05) is 30.3 Å². The highest BCUT2D eigenvalue weighted by atomic mass is 16.5. The van der Waals surface area contributed by atoms with Gasteiger partial charge in [-0.2, -0.15) is 0 Å². The molecule has 0 saturated carbocycles. The molecule has 0 unspecified atom stereocenters. The molecule has 4 rings (SSSR count). The molecule has 1 saturated heterocycles. The minimum atomic E-state index is -0.176. The number of nitrogens with zero attached hydrogens (tertiary/aromatic N) is 1. The molecule has 1 aliphatic heterocycles. The Labute approximate surface area is 164 Å². The van der Waals surface area contributed by atoms with Gasteiger partial charge in [-0.3, -0.25) is 9.69 Å². The molecule has 5 nitrogen and oxygen atoms in total. The van der Waals surface area contributed by atoms with Crippen molar-refractivity contribution in [2.24, 2.45) is 0 Å². The van der Waals surface area contributed by atoms with Crippen LogP contribution in [0.3, 0.4) is 0 Å². The molecule has 0 spiro atoms. The van der Waals surface area contributed by atoms with Gasteiger partial charge in [0.05, 0.1) is 12.7 Å². The molecule has 1 N–H and O–H groups in total. The molecular formula is C23H25NO4. The Morgan fingerprint density at radius 3 is 2.71 bits per heavy atom. The fourth-order valence-corrected chi connectivity index (χ4v) is 3.99. The van der Waals surface area contributed by atoms with Crippen LogP contribution in [0.4, 0.5) is 0 Å². The molecule has 1 aliphatic rings. The summed E-state index contributed by atoms with van der Waals surface area (Å²) >= 11 is 0. The summed E-state index contributed by atoms with van der Waals surface area (Å²) in [5, 5.41) is 11.1. The summed E-state index contributed by atoms with van der Waals surface area (Å²) in [6.45, 7) is 3.71. The highest BCUT2D eigenvalue weighted by Gasteiger charge is 2.24. The second-order valence-electron chi connectivity index (χ2n) is 7.44. The van der Waals surface area contributed by atoms with E-state index in [1.54, 1.807) is 0 Å². The lowest BCUT2D eigenvalue weighted by molar-refractivity contribution is 0.151. The van der Waals surface area contributed by atoms with Crippen LogP contribution in [0.2, 0.25) is 0 Å². The van der Waals surface area contributed by atoms with Crippen LogP contribution in [0.15, 0.2) is 51.7 Å². The summed E-state index contributed by atoms with van der Waals surface area (Å²) in [6, 6.07) is 13.0. The minimum absolute atomic E-state index is 0.0930. The van der Waals surface area contributed by atoms with Crippen LogP contribution < -0.4 is 10.2 Å². The second kappa shape index (κ2) is 7.68. The van der Waals surface area contributed by atoms with Crippen molar-refractivity contribution in [2.75, 3.05) is 13.7 Å². The first kappa shape index (κ1) is 18.6. The Bertz CT molecular complexity index is 1040. The fourth-order valence-electron chi connectivity index (χ4n) is 3.99. The first-order valence-corrected chi connectivity index (χ1v) is 9.74. The van der Waals surface area contributed by atoms with E-state index >= 15 is 0 Å². The number of aromatic hydroxyl groups is 1. The van der Waals surface area contributed by atoms with Gasteiger partial charge < -0.3 is 14.3 Å². The number of hydrogen-bond acceptors (Lipinski definition) is 5. The molecule has 2 aromatic carbocycles. The monoisotopic (exact) mass is 379 g/mol. The predicted molar refractivity (Wildman–Crippen MR) is 110 cm³/mol. The van der Waals surface area contributed by atoms with Crippen molar-refractivity contribution in [3.8, 4) is 22.8 Å². The number of phenolic OH excluding ortho intramolecular Hbond substituents is 1. The van der Waals surface area contributed by atoms with E-state index in [0.29, 0.717) is 40.6 Å². The van der Waals surface area contributed by atoms with E-state index < -0.39 is 0 Å². The van der Waals surface area contributed by atoms with Crippen molar-refractivity contribution >= 4 is 11.0 Å². The topological polar surface area (TPSA) is 62.9 Å². The molecule has 0 radical (unpaired) electrons. The van der Waals surface area contributed by atoms with Gasteiger partial charge in [0.25, 0.3) is 0 Å². The molecule has 3 aromatic rings. The number of benzene rings is 2. The Morgan fingerprint density at radius 1 is 1.21 bits per heavy atom. The average molecular weight is 379 g/mol. The number of hydrogen-bond donors (Lipinski definition) is 1. The number of fused-ring (bicyclic) bond motifs is 1. The fraction of sp³-hybridized carbons (Fsp3) is 0.348. The van der Waals surface area contributed by atoms with Crippen molar-refractivity contribution in [1.29, 1.82) is 0 Å². The molecule has 28 heavy (non-hydrogen) atoms. The number of piperidine rings is 1. The maximum atomic E-state index is 12.9. The van der Waals surface area contributed by atoms with E-state index in [4.69, 9.17) is 9.15 Å². The molecule has 0 bridgehead atoms. The first-order valence-electron chi connectivity index (χ1n) is 9.74. The van der Waals surface area contributed by atoms with Crippen molar-refractivity contribution in [2.45, 2.75) is 38.8 Å². The maximum Gasteiger partial charge on any atom is 0.197 e. The minimum Gasteiger partial charge on any atom is -0.507 e. The number of rotatable bonds is 4. The smallest absolute Gasteiger partial charge is 0.197 e. The van der Waals surface area contributed by atoms with Gasteiger partial charge in [-0.05, 0) is 26.3 Å². The third kappa shape index (κ3) is 3.38. The second-order valence-corrected chi connectivity index (χ2v) is 7.44. The summed E-state index contributed by atoms with van der Waals surface area (Å²) in [6.07, 6.45) is 3.49. The van der Waals surface area contributed by atoms with E-state index in [9.17, 15) is 9.90 Å². The number of methoxy groups -OCH3 is 1. The molecule has 0 aliphatic carbocycles. The largest absolute Gasteiger partial charge is 0.507 e. The van der Waals surface area contributed by atoms with Crippen molar-refractivity contribution < 1.29 is 14.3 Å². The van der Waals surface area contributed by atoms with E-state index in [2.05, 4.69) is 11.8 Å². The molecule has 1 fully saturated rings. The summed E-state index contributed by atoms with van der Waals surface area (Å²) in [5.74, 6) is 0.908. The lowest BCUT2D eigenvalue weighted by Crippen LogP contribution is -2.36. The van der Waals surface area contributed by atoms with E-state index in [-0.39, 0.29) is 11.2 Å². The van der Waals surface area contributed by atoms with Gasteiger partial charge in [-0.25, -0.2) is 0 Å². The van der Waals surface area contributed by atoms with Gasteiger partial charge in [-0.15, -0.1) is 0 Å². The molecule has 146 valence electrons. The highest BCUT2D eigenvalue weighted by Crippen LogP contribution is 2.37. The van der Waals surface area contributed by atoms with Crippen LogP contribution in [0.25, 0.3) is 22.3 Å². The number of phenols is 1. The summed E-state index contributed by atoms with van der Waals surface area (Å²) < 4.78 is 11.6. The average Bonchev–Trinajstić information content (AvgIpc) is 2.71. The zero-order valence-electron chi connectivity index (χ0n) is 16.3. The quantitative estimate of drug-likeness (QED) is 0.721. The molecular weight excluding hydrogens is 354 g/mol. The zero-order valence-corrected chi connectivity index (χ0v) is 16.3. The molecule has 2 heterocycles. The van der Waals surface area contributed by atoms with Crippen LogP contribution in [-0.2, 0) is 6.54 Å². The van der Waals surface area contributed by atoms with Gasteiger partial charge in [0.1, 0.15) is 22.6 Å². The maximum absolute atomic E-state index is 12.9. The number of likely N-dealkylation sites (tertiary alicyclic amines) is 1. The zero-order chi connectivity index (χ0) is 19.7. The van der Waals surface area contributed by atoms with E-state index in [0.717, 1.165) is 24.9 Å². The molecule has 1 aromatic heterocycles. The lowest BCUT2D eigenvalue weighted by atomic mass is 10.0. The molecule has 5 heteroatoms. The van der Waals surface area contributed by atoms with Crippen molar-refractivity contribution in [3.05, 3.63) is 58.3 Å². The van der Waals surface area contributed by atoms with E-state index in [1.165, 1.54) is 25.7 Å². The Hall–Kier alpha value is -2.79. The third-order valence-corrected chi connectivity index (χ3v) is 5.63. The summed E-state index contributed by atoms with van der Waals surface area (Å²) in [7, 11) is 1.49. The van der Waals surface area contributed by atoms with Crippen LogP contribution in [-0.4, -0.2) is 29.7 Å². The van der Waals surface area contributed by atoms with Gasteiger partial charge >= 0.3 is 0 Å². The number of ether oxygens (including phenoxy) is 1. The molecule has 1 atom stereocenters. The SMILES string of the molecule is COc1cc(O)c(CN2CCCC[C@H]2C)c2oc(-c3ccccc3)cc(=O)c12. The van der Waals surface area contributed by atoms with Gasteiger partial charge in [0.2, 0.25) is 0 Å². The highest BCUT2D eigenvalue weighted by molar-refractivity contribution is 5.89.